The quantitative estimate of drug-likeness (QED) is 0.865. The van der Waals surface area contributed by atoms with Crippen molar-refractivity contribution >= 4 is 5.69 Å². The van der Waals surface area contributed by atoms with Crippen LogP contribution in [0.15, 0.2) is 18.2 Å². The molecule has 4 nitrogen and oxygen atoms in total. The Morgan fingerprint density at radius 3 is 2.96 bits per heavy atom. The Hall–Kier alpha value is -1.17. The molecule has 2 heterocycles. The average Bonchev–Trinajstić information content (AvgIpc) is 3.11. The number of ether oxygens (including phenoxy) is 1. The smallest absolute Gasteiger partial charge is 0.123 e. The lowest BCUT2D eigenvalue weighted by Crippen LogP contribution is -2.55. The van der Waals surface area contributed by atoms with E-state index < -0.39 is 0 Å². The fourth-order valence-electron chi connectivity index (χ4n) is 5.15. The second-order valence-electron chi connectivity index (χ2n) is 8.22. The first-order chi connectivity index (χ1) is 12.7. The summed E-state index contributed by atoms with van der Waals surface area (Å²) in [6.07, 6.45) is 6.31. The molecule has 2 aliphatic heterocycles. The van der Waals surface area contributed by atoms with Crippen LogP contribution in [0.2, 0.25) is 0 Å². The molecule has 0 amide bonds. The maximum absolute atomic E-state index is 13.4. The van der Waals surface area contributed by atoms with Crippen LogP contribution in [0.5, 0.6) is 0 Å². The molecule has 144 valence electrons. The number of aryl methyl sites for hydroxylation is 1. The summed E-state index contributed by atoms with van der Waals surface area (Å²) in [4.78, 5) is 2.43. The molecule has 2 N–H and O–H groups in total. The highest BCUT2D eigenvalue weighted by atomic mass is 19.1. The zero-order chi connectivity index (χ0) is 17.9. The number of benzene rings is 1. The summed E-state index contributed by atoms with van der Waals surface area (Å²) in [5, 5.41) is 7.65. The summed E-state index contributed by atoms with van der Waals surface area (Å²) in [5.74, 6) is 0.534. The monoisotopic (exact) mass is 361 g/mol. The number of halogens is 1. The fourth-order valence-corrected chi connectivity index (χ4v) is 5.15. The van der Waals surface area contributed by atoms with Gasteiger partial charge in [-0.1, -0.05) is 6.42 Å². The topological polar surface area (TPSA) is 36.5 Å². The third kappa shape index (κ3) is 4.05. The van der Waals surface area contributed by atoms with Crippen molar-refractivity contribution in [2.24, 2.45) is 5.92 Å². The number of hydrogen-bond donors (Lipinski definition) is 2. The Labute approximate surface area is 156 Å². The van der Waals surface area contributed by atoms with Crippen molar-refractivity contribution in [3.63, 3.8) is 0 Å². The van der Waals surface area contributed by atoms with Gasteiger partial charge in [0.15, 0.2) is 0 Å². The van der Waals surface area contributed by atoms with Gasteiger partial charge in [-0.15, -0.1) is 0 Å². The first-order valence-corrected chi connectivity index (χ1v) is 10.3. The highest BCUT2D eigenvalue weighted by Crippen LogP contribution is 2.31. The van der Waals surface area contributed by atoms with E-state index in [1.165, 1.54) is 37.8 Å². The molecule has 3 aliphatic rings. The number of hydrogen-bond acceptors (Lipinski definition) is 4. The zero-order valence-electron chi connectivity index (χ0n) is 15.8. The lowest BCUT2D eigenvalue weighted by Gasteiger charge is -2.39. The van der Waals surface area contributed by atoms with Crippen LogP contribution in [0.3, 0.4) is 0 Å². The lowest BCUT2D eigenvalue weighted by molar-refractivity contribution is 0.0515. The molecule has 1 aliphatic carbocycles. The van der Waals surface area contributed by atoms with Gasteiger partial charge in [-0.05, 0) is 62.3 Å². The van der Waals surface area contributed by atoms with Crippen LogP contribution >= 0.6 is 0 Å². The second-order valence-corrected chi connectivity index (χ2v) is 8.22. The van der Waals surface area contributed by atoms with Gasteiger partial charge in [-0.2, -0.15) is 0 Å². The minimum Gasteiger partial charge on any atom is -0.379 e. The SMILES string of the molecule is Cc1cc(F)ccc1N1CCCC(NC2CCCC2C2COCCN2)C1. The van der Waals surface area contributed by atoms with Gasteiger partial charge in [0.05, 0.1) is 13.2 Å². The molecule has 3 fully saturated rings. The van der Waals surface area contributed by atoms with Crippen LogP contribution in [0, 0.1) is 18.7 Å². The van der Waals surface area contributed by atoms with Gasteiger partial charge in [0.2, 0.25) is 0 Å². The lowest BCUT2D eigenvalue weighted by atomic mass is 9.92. The van der Waals surface area contributed by atoms with Gasteiger partial charge in [-0.25, -0.2) is 4.39 Å². The number of anilines is 1. The Morgan fingerprint density at radius 2 is 2.15 bits per heavy atom. The second kappa shape index (κ2) is 8.24. The number of rotatable bonds is 4. The molecule has 1 saturated carbocycles. The van der Waals surface area contributed by atoms with Crippen molar-refractivity contribution < 1.29 is 9.13 Å². The van der Waals surface area contributed by atoms with Crippen molar-refractivity contribution in [3.8, 4) is 0 Å². The van der Waals surface area contributed by atoms with Crippen molar-refractivity contribution in [1.29, 1.82) is 0 Å². The molecule has 0 radical (unpaired) electrons. The van der Waals surface area contributed by atoms with Crippen molar-refractivity contribution in [1.82, 2.24) is 10.6 Å². The highest BCUT2D eigenvalue weighted by Gasteiger charge is 2.36. The van der Waals surface area contributed by atoms with E-state index in [1.54, 1.807) is 12.1 Å². The Bertz CT molecular complexity index is 605. The number of piperidine rings is 1. The van der Waals surface area contributed by atoms with E-state index in [9.17, 15) is 4.39 Å². The van der Waals surface area contributed by atoms with Crippen LogP contribution in [0.4, 0.5) is 10.1 Å². The summed E-state index contributed by atoms with van der Waals surface area (Å²) in [5.41, 5.74) is 2.22. The molecule has 0 bridgehead atoms. The predicted molar refractivity (Wildman–Crippen MR) is 103 cm³/mol. The maximum Gasteiger partial charge on any atom is 0.123 e. The van der Waals surface area contributed by atoms with Crippen LogP contribution in [0.1, 0.15) is 37.7 Å². The summed E-state index contributed by atoms with van der Waals surface area (Å²) in [6.45, 7) is 6.78. The Morgan fingerprint density at radius 1 is 1.23 bits per heavy atom. The van der Waals surface area contributed by atoms with E-state index in [2.05, 4.69) is 15.5 Å². The predicted octanol–water partition coefficient (Wildman–Crippen LogP) is 2.85. The molecule has 1 aromatic carbocycles. The molecular formula is C21H32FN3O. The third-order valence-corrected chi connectivity index (χ3v) is 6.41. The molecule has 4 unspecified atom stereocenters. The van der Waals surface area contributed by atoms with Gasteiger partial charge >= 0.3 is 0 Å². The highest BCUT2D eigenvalue weighted by molar-refractivity contribution is 5.53. The van der Waals surface area contributed by atoms with Gasteiger partial charge in [0.25, 0.3) is 0 Å². The first-order valence-electron chi connectivity index (χ1n) is 10.3. The molecular weight excluding hydrogens is 329 g/mol. The molecule has 4 atom stereocenters. The van der Waals surface area contributed by atoms with Crippen LogP contribution < -0.4 is 15.5 Å². The van der Waals surface area contributed by atoms with E-state index in [0.717, 1.165) is 38.4 Å². The van der Waals surface area contributed by atoms with Crippen molar-refractivity contribution in [3.05, 3.63) is 29.6 Å². The van der Waals surface area contributed by atoms with E-state index in [-0.39, 0.29) is 5.82 Å². The molecule has 0 aromatic heterocycles. The average molecular weight is 362 g/mol. The largest absolute Gasteiger partial charge is 0.379 e. The minimum atomic E-state index is -0.145. The number of nitrogens with zero attached hydrogens (tertiary/aromatic N) is 1. The molecule has 2 saturated heterocycles. The van der Waals surface area contributed by atoms with Crippen LogP contribution in [-0.2, 0) is 4.74 Å². The van der Waals surface area contributed by atoms with E-state index in [1.807, 2.05) is 13.0 Å². The zero-order valence-corrected chi connectivity index (χ0v) is 15.8. The summed E-state index contributed by atoms with van der Waals surface area (Å²) in [7, 11) is 0. The normalized spacial score (nSPS) is 32.8. The molecule has 5 heteroatoms. The van der Waals surface area contributed by atoms with E-state index in [0.29, 0.717) is 24.0 Å². The van der Waals surface area contributed by atoms with E-state index in [4.69, 9.17) is 4.74 Å². The standard InChI is InChI=1S/C21H32FN3O/c1-15-12-16(22)7-8-21(15)25-10-3-4-17(13-25)24-19-6-2-5-18(19)20-14-26-11-9-23-20/h7-8,12,17-20,23-24H,2-6,9-11,13-14H2,1H3. The summed E-state index contributed by atoms with van der Waals surface area (Å²) >= 11 is 0. The van der Waals surface area contributed by atoms with Gasteiger partial charge < -0.3 is 20.3 Å². The Kier molecular flexibility index (Phi) is 5.77. The van der Waals surface area contributed by atoms with Crippen molar-refractivity contribution in [2.45, 2.75) is 57.2 Å². The molecule has 26 heavy (non-hydrogen) atoms. The van der Waals surface area contributed by atoms with Crippen molar-refractivity contribution in [2.75, 3.05) is 37.7 Å². The molecule has 1 aromatic rings. The fraction of sp³-hybridized carbons (Fsp3) is 0.714. The Balaban J connectivity index is 1.38. The van der Waals surface area contributed by atoms with Gasteiger partial charge in [0.1, 0.15) is 5.82 Å². The number of morpholine rings is 1. The molecule has 0 spiro atoms. The first kappa shape index (κ1) is 18.2. The minimum absolute atomic E-state index is 0.145. The third-order valence-electron chi connectivity index (χ3n) is 6.41. The maximum atomic E-state index is 13.4. The van der Waals surface area contributed by atoms with Gasteiger partial charge in [-0.3, -0.25) is 0 Å². The van der Waals surface area contributed by atoms with Gasteiger partial charge in [0, 0.05) is 43.4 Å². The van der Waals surface area contributed by atoms with E-state index >= 15 is 0 Å². The molecule has 4 rings (SSSR count). The summed E-state index contributed by atoms with van der Waals surface area (Å²) < 4.78 is 19.1. The summed E-state index contributed by atoms with van der Waals surface area (Å²) in [6, 6.07) is 6.78. The number of nitrogens with one attached hydrogen (secondary N) is 2. The van der Waals surface area contributed by atoms with Crippen LogP contribution in [-0.4, -0.2) is 51.0 Å². The van der Waals surface area contributed by atoms with Crippen LogP contribution in [0.25, 0.3) is 0 Å².